The summed E-state index contributed by atoms with van der Waals surface area (Å²) < 4.78 is 59.0. The molecule has 0 aliphatic carbocycles. The SMILES string of the molecule is COc1ccc(Oc2c(C)n(Cc3cccc(O[C@H](C)C(=O)O)c3)c3cc(C(F)(F)F)ccc23)cc1. The molecule has 0 bridgehead atoms. The molecule has 3 aromatic carbocycles. The maximum absolute atomic E-state index is 13.5. The molecule has 6 nitrogen and oxygen atoms in total. The van der Waals surface area contributed by atoms with Crippen LogP contribution in [0, 0.1) is 6.92 Å². The van der Waals surface area contributed by atoms with Gasteiger partial charge in [0.15, 0.2) is 11.9 Å². The number of carbonyl (C=O) groups is 1. The monoisotopic (exact) mass is 499 g/mol. The van der Waals surface area contributed by atoms with Gasteiger partial charge in [0.1, 0.15) is 17.2 Å². The number of hydrogen-bond donors (Lipinski definition) is 1. The normalized spacial score (nSPS) is 12.4. The molecule has 4 rings (SSSR count). The van der Waals surface area contributed by atoms with Gasteiger partial charge in [-0.25, -0.2) is 4.79 Å². The van der Waals surface area contributed by atoms with E-state index in [0.29, 0.717) is 39.6 Å². The first-order valence-corrected chi connectivity index (χ1v) is 11.1. The number of fused-ring (bicyclic) bond motifs is 1. The number of nitrogens with zero attached hydrogens (tertiary/aromatic N) is 1. The van der Waals surface area contributed by atoms with Gasteiger partial charge in [0.05, 0.1) is 23.9 Å². The van der Waals surface area contributed by atoms with Gasteiger partial charge < -0.3 is 23.9 Å². The Bertz CT molecular complexity index is 1390. The molecule has 0 spiro atoms. The van der Waals surface area contributed by atoms with Crippen LogP contribution >= 0.6 is 0 Å². The minimum absolute atomic E-state index is 0.217. The van der Waals surface area contributed by atoms with Gasteiger partial charge in [-0.3, -0.25) is 0 Å². The maximum Gasteiger partial charge on any atom is 0.416 e. The molecule has 0 fully saturated rings. The van der Waals surface area contributed by atoms with Crippen LogP contribution in [-0.2, 0) is 17.5 Å². The largest absolute Gasteiger partial charge is 0.497 e. The quantitative estimate of drug-likeness (QED) is 0.293. The Morgan fingerprint density at radius 1 is 1.00 bits per heavy atom. The van der Waals surface area contributed by atoms with Crippen molar-refractivity contribution in [2.75, 3.05) is 7.11 Å². The van der Waals surface area contributed by atoms with E-state index >= 15 is 0 Å². The number of methoxy groups -OCH3 is 1. The van der Waals surface area contributed by atoms with Gasteiger partial charge >= 0.3 is 12.1 Å². The van der Waals surface area contributed by atoms with Crippen molar-refractivity contribution in [3.05, 3.63) is 83.6 Å². The maximum atomic E-state index is 13.5. The Hall–Kier alpha value is -4.14. The van der Waals surface area contributed by atoms with Crippen LogP contribution in [0.1, 0.15) is 23.7 Å². The Morgan fingerprint density at radius 3 is 2.33 bits per heavy atom. The second kappa shape index (κ2) is 9.85. The first-order chi connectivity index (χ1) is 17.1. The van der Waals surface area contributed by atoms with Crippen LogP contribution in [-0.4, -0.2) is 28.9 Å². The number of benzene rings is 3. The predicted molar refractivity (Wildman–Crippen MR) is 128 cm³/mol. The van der Waals surface area contributed by atoms with E-state index in [1.807, 2.05) is 0 Å². The predicted octanol–water partition coefficient (Wildman–Crippen LogP) is 6.67. The average molecular weight is 499 g/mol. The molecule has 1 atom stereocenters. The second-order valence-electron chi connectivity index (χ2n) is 8.25. The third-order valence-corrected chi connectivity index (χ3v) is 5.77. The van der Waals surface area contributed by atoms with Crippen molar-refractivity contribution < 1.29 is 37.3 Å². The summed E-state index contributed by atoms with van der Waals surface area (Å²) in [7, 11) is 1.55. The molecule has 4 aromatic rings. The second-order valence-corrected chi connectivity index (χ2v) is 8.25. The van der Waals surface area contributed by atoms with Gasteiger partial charge in [0.25, 0.3) is 0 Å². The Balaban J connectivity index is 1.77. The van der Waals surface area contributed by atoms with Crippen molar-refractivity contribution in [2.45, 2.75) is 32.7 Å². The highest BCUT2D eigenvalue weighted by molar-refractivity contribution is 5.89. The lowest BCUT2D eigenvalue weighted by Gasteiger charge is -2.13. The van der Waals surface area contributed by atoms with E-state index in [4.69, 9.17) is 19.3 Å². The zero-order valence-corrected chi connectivity index (χ0v) is 19.8. The van der Waals surface area contributed by atoms with Crippen LogP contribution in [0.4, 0.5) is 13.2 Å². The third kappa shape index (κ3) is 5.25. The molecule has 0 aliphatic rings. The minimum Gasteiger partial charge on any atom is -0.497 e. The highest BCUT2D eigenvalue weighted by Crippen LogP contribution is 2.40. The lowest BCUT2D eigenvalue weighted by Crippen LogP contribution is -2.22. The molecule has 0 radical (unpaired) electrons. The summed E-state index contributed by atoms with van der Waals surface area (Å²) in [6, 6.07) is 17.2. The summed E-state index contributed by atoms with van der Waals surface area (Å²) in [5.41, 5.74) is 0.942. The van der Waals surface area contributed by atoms with E-state index in [0.717, 1.165) is 17.7 Å². The molecule has 1 aromatic heterocycles. The number of halogens is 3. The molecule has 9 heteroatoms. The van der Waals surface area contributed by atoms with Crippen molar-refractivity contribution in [3.8, 4) is 23.0 Å². The molecule has 36 heavy (non-hydrogen) atoms. The number of hydrogen-bond acceptors (Lipinski definition) is 4. The first-order valence-electron chi connectivity index (χ1n) is 11.1. The lowest BCUT2D eigenvalue weighted by atomic mass is 10.1. The topological polar surface area (TPSA) is 69.9 Å². The van der Waals surface area contributed by atoms with E-state index in [-0.39, 0.29) is 6.54 Å². The van der Waals surface area contributed by atoms with Gasteiger partial charge in [-0.2, -0.15) is 13.2 Å². The van der Waals surface area contributed by atoms with Crippen molar-refractivity contribution >= 4 is 16.9 Å². The standard InChI is InChI=1S/C27H24F3NO5/c1-16-25(36-21-10-8-20(34-3)9-11-21)23-12-7-19(27(28,29)30)14-24(23)31(16)15-18-5-4-6-22(13-18)35-17(2)26(32)33/h4-14,17H,15H2,1-3H3,(H,32,33)/t17-/m1/s1. The zero-order chi connectivity index (χ0) is 26.0. The summed E-state index contributed by atoms with van der Waals surface area (Å²) in [4.78, 5) is 11.1. The molecular weight excluding hydrogens is 475 g/mol. The third-order valence-electron chi connectivity index (χ3n) is 5.77. The highest BCUT2D eigenvalue weighted by Gasteiger charge is 2.31. The van der Waals surface area contributed by atoms with Crippen LogP contribution in [0.5, 0.6) is 23.0 Å². The molecule has 0 amide bonds. The van der Waals surface area contributed by atoms with E-state index < -0.39 is 23.8 Å². The molecule has 1 N–H and O–H groups in total. The Morgan fingerprint density at radius 2 is 1.69 bits per heavy atom. The Kier molecular flexibility index (Phi) is 6.83. The van der Waals surface area contributed by atoms with Crippen LogP contribution in [0.25, 0.3) is 10.9 Å². The summed E-state index contributed by atoms with van der Waals surface area (Å²) >= 11 is 0. The molecular formula is C27H24F3NO5. The van der Waals surface area contributed by atoms with Crippen LogP contribution in [0.3, 0.4) is 0 Å². The minimum atomic E-state index is -4.51. The van der Waals surface area contributed by atoms with E-state index in [1.165, 1.54) is 13.0 Å². The number of aromatic nitrogens is 1. The first kappa shape index (κ1) is 25.0. The summed E-state index contributed by atoms with van der Waals surface area (Å²) in [5.74, 6) is 0.845. The van der Waals surface area contributed by atoms with Crippen molar-refractivity contribution in [2.24, 2.45) is 0 Å². The van der Waals surface area contributed by atoms with Crippen LogP contribution in [0.2, 0.25) is 0 Å². The number of carboxylic acid groups (broad SMARTS) is 1. The number of ether oxygens (including phenoxy) is 3. The number of aliphatic carboxylic acids is 1. The van der Waals surface area contributed by atoms with Crippen molar-refractivity contribution in [1.82, 2.24) is 4.57 Å². The fourth-order valence-electron chi connectivity index (χ4n) is 3.87. The van der Waals surface area contributed by atoms with Gasteiger partial charge in [0, 0.05) is 11.9 Å². The summed E-state index contributed by atoms with van der Waals surface area (Å²) in [5, 5.41) is 9.64. The van der Waals surface area contributed by atoms with E-state index in [2.05, 4.69) is 0 Å². The fourth-order valence-corrected chi connectivity index (χ4v) is 3.87. The molecule has 0 aliphatic heterocycles. The average Bonchev–Trinajstić information content (AvgIpc) is 3.09. The fraction of sp³-hybridized carbons (Fsp3) is 0.222. The molecule has 188 valence electrons. The lowest BCUT2D eigenvalue weighted by molar-refractivity contribution is -0.144. The van der Waals surface area contributed by atoms with E-state index in [1.54, 1.807) is 67.1 Å². The van der Waals surface area contributed by atoms with Crippen molar-refractivity contribution in [1.29, 1.82) is 0 Å². The molecule has 0 unspecified atom stereocenters. The van der Waals surface area contributed by atoms with Crippen LogP contribution < -0.4 is 14.2 Å². The molecule has 0 saturated carbocycles. The summed E-state index contributed by atoms with van der Waals surface area (Å²) in [6.07, 6.45) is -5.55. The summed E-state index contributed by atoms with van der Waals surface area (Å²) in [6.45, 7) is 3.41. The zero-order valence-electron chi connectivity index (χ0n) is 19.8. The van der Waals surface area contributed by atoms with Gasteiger partial charge in [-0.1, -0.05) is 12.1 Å². The van der Waals surface area contributed by atoms with Crippen LogP contribution in [0.15, 0.2) is 66.7 Å². The van der Waals surface area contributed by atoms with E-state index in [9.17, 15) is 18.0 Å². The number of alkyl halides is 3. The van der Waals surface area contributed by atoms with Crippen molar-refractivity contribution in [3.63, 3.8) is 0 Å². The smallest absolute Gasteiger partial charge is 0.416 e. The number of carboxylic acids is 1. The van der Waals surface area contributed by atoms with Gasteiger partial charge in [-0.15, -0.1) is 0 Å². The molecule has 1 heterocycles. The Labute approximate surface area is 205 Å². The van der Waals surface area contributed by atoms with Gasteiger partial charge in [-0.05, 0) is 74.0 Å². The number of rotatable bonds is 8. The highest BCUT2D eigenvalue weighted by atomic mass is 19.4. The van der Waals surface area contributed by atoms with Gasteiger partial charge in [0.2, 0.25) is 0 Å². The molecule has 0 saturated heterocycles.